The quantitative estimate of drug-likeness (QED) is 0.828. The molecular formula is C14H22N4O2. The van der Waals surface area contributed by atoms with E-state index >= 15 is 0 Å². The Morgan fingerprint density at radius 2 is 2.25 bits per heavy atom. The highest BCUT2D eigenvalue weighted by atomic mass is 16.3. The van der Waals surface area contributed by atoms with Crippen molar-refractivity contribution in [1.29, 1.82) is 0 Å². The van der Waals surface area contributed by atoms with Crippen molar-refractivity contribution in [1.82, 2.24) is 14.9 Å². The molecular weight excluding hydrogens is 256 g/mol. The second kappa shape index (κ2) is 7.19. The van der Waals surface area contributed by atoms with Gasteiger partial charge >= 0.3 is 0 Å². The van der Waals surface area contributed by atoms with Gasteiger partial charge in [-0.3, -0.25) is 4.79 Å². The minimum absolute atomic E-state index is 0.111. The van der Waals surface area contributed by atoms with Crippen molar-refractivity contribution in [2.75, 3.05) is 31.6 Å². The van der Waals surface area contributed by atoms with Crippen LogP contribution in [0.25, 0.3) is 0 Å². The number of carbonyl (C=O) groups excluding carboxylic acids is 1. The molecule has 1 unspecified atom stereocenters. The molecule has 1 fully saturated rings. The van der Waals surface area contributed by atoms with Crippen LogP contribution in [0.15, 0.2) is 18.5 Å². The molecule has 0 bridgehead atoms. The Balaban J connectivity index is 1.90. The topological polar surface area (TPSA) is 69.6 Å². The van der Waals surface area contributed by atoms with Crippen LogP contribution in [0.3, 0.4) is 0 Å². The lowest BCUT2D eigenvalue weighted by Gasteiger charge is -2.27. The van der Waals surface area contributed by atoms with Gasteiger partial charge in [-0.05, 0) is 31.7 Å². The zero-order valence-electron chi connectivity index (χ0n) is 11.9. The van der Waals surface area contributed by atoms with Crippen LogP contribution in [0.1, 0.15) is 25.7 Å². The Morgan fingerprint density at radius 3 is 2.95 bits per heavy atom. The summed E-state index contributed by atoms with van der Waals surface area (Å²) in [7, 11) is 1.83. The summed E-state index contributed by atoms with van der Waals surface area (Å²) >= 11 is 0. The average Bonchev–Trinajstić information content (AvgIpc) is 2.94. The molecule has 1 aliphatic heterocycles. The molecule has 1 amide bonds. The molecule has 0 saturated carbocycles. The highest BCUT2D eigenvalue weighted by Crippen LogP contribution is 2.21. The first-order chi connectivity index (χ1) is 9.72. The Hall–Kier alpha value is -1.69. The SMILES string of the molecule is CN(CC(=O)N1CCCC1CCCO)c1ncccn1. The average molecular weight is 278 g/mol. The monoisotopic (exact) mass is 278 g/mol. The van der Waals surface area contributed by atoms with Crippen molar-refractivity contribution in [2.24, 2.45) is 0 Å². The number of amides is 1. The highest BCUT2D eigenvalue weighted by Gasteiger charge is 2.28. The van der Waals surface area contributed by atoms with Crippen molar-refractivity contribution in [3.63, 3.8) is 0 Å². The number of rotatable bonds is 6. The Morgan fingerprint density at radius 1 is 1.50 bits per heavy atom. The fraction of sp³-hybridized carbons (Fsp3) is 0.643. The van der Waals surface area contributed by atoms with E-state index in [4.69, 9.17) is 5.11 Å². The Labute approximate surface area is 119 Å². The standard InChI is InChI=1S/C14H22N4O2/c1-17(14-15-7-4-8-16-14)11-13(20)18-9-2-5-12(18)6-3-10-19/h4,7-8,12,19H,2-3,5-6,9-11H2,1H3. The molecule has 1 aliphatic rings. The number of aromatic nitrogens is 2. The van der Waals surface area contributed by atoms with E-state index in [0.29, 0.717) is 12.5 Å². The van der Waals surface area contributed by atoms with Gasteiger partial charge in [0.15, 0.2) is 0 Å². The van der Waals surface area contributed by atoms with Gasteiger partial charge in [0.25, 0.3) is 0 Å². The molecule has 110 valence electrons. The van der Waals surface area contributed by atoms with Crippen molar-refractivity contribution < 1.29 is 9.90 Å². The number of carbonyl (C=O) groups is 1. The molecule has 1 atom stereocenters. The largest absolute Gasteiger partial charge is 0.396 e. The van der Waals surface area contributed by atoms with Gasteiger partial charge in [0, 0.05) is 38.6 Å². The summed E-state index contributed by atoms with van der Waals surface area (Å²) in [5.41, 5.74) is 0. The minimum Gasteiger partial charge on any atom is -0.396 e. The van der Waals surface area contributed by atoms with Crippen LogP contribution in [0.5, 0.6) is 0 Å². The molecule has 2 heterocycles. The molecule has 0 aliphatic carbocycles. The van der Waals surface area contributed by atoms with Crippen LogP contribution >= 0.6 is 0 Å². The first kappa shape index (κ1) is 14.7. The number of likely N-dealkylation sites (tertiary alicyclic amines) is 1. The zero-order valence-corrected chi connectivity index (χ0v) is 11.9. The maximum Gasteiger partial charge on any atom is 0.242 e. The van der Waals surface area contributed by atoms with Gasteiger partial charge in [-0.25, -0.2) is 9.97 Å². The number of likely N-dealkylation sites (N-methyl/N-ethyl adjacent to an activating group) is 1. The van der Waals surface area contributed by atoms with Crippen molar-refractivity contribution in [3.8, 4) is 0 Å². The Bertz CT molecular complexity index is 426. The third kappa shape index (κ3) is 3.66. The summed E-state index contributed by atoms with van der Waals surface area (Å²) in [5, 5.41) is 8.92. The van der Waals surface area contributed by atoms with Crippen molar-refractivity contribution in [2.45, 2.75) is 31.7 Å². The molecule has 1 saturated heterocycles. The second-order valence-electron chi connectivity index (χ2n) is 5.15. The maximum atomic E-state index is 12.4. The predicted octanol–water partition coefficient (Wildman–Crippen LogP) is 0.676. The number of hydrogen-bond donors (Lipinski definition) is 1. The minimum atomic E-state index is 0.111. The van der Waals surface area contributed by atoms with Crippen LogP contribution < -0.4 is 4.90 Å². The number of anilines is 1. The number of nitrogens with zero attached hydrogens (tertiary/aromatic N) is 4. The molecule has 2 rings (SSSR count). The van der Waals surface area contributed by atoms with E-state index in [0.717, 1.165) is 32.2 Å². The van der Waals surface area contributed by atoms with E-state index < -0.39 is 0 Å². The Kier molecular flexibility index (Phi) is 5.29. The van der Waals surface area contributed by atoms with Crippen molar-refractivity contribution in [3.05, 3.63) is 18.5 Å². The van der Waals surface area contributed by atoms with Gasteiger partial charge in [-0.1, -0.05) is 0 Å². The van der Waals surface area contributed by atoms with Crippen LogP contribution in [0, 0.1) is 0 Å². The molecule has 1 aromatic heterocycles. The van der Waals surface area contributed by atoms with Gasteiger partial charge in [0.2, 0.25) is 11.9 Å². The summed E-state index contributed by atoms with van der Waals surface area (Å²) < 4.78 is 0. The third-order valence-electron chi connectivity index (χ3n) is 3.66. The lowest BCUT2D eigenvalue weighted by molar-refractivity contribution is -0.130. The molecule has 0 spiro atoms. The summed E-state index contributed by atoms with van der Waals surface area (Å²) in [6.07, 6.45) is 7.07. The molecule has 0 aromatic carbocycles. The lowest BCUT2D eigenvalue weighted by atomic mass is 10.1. The van der Waals surface area contributed by atoms with E-state index in [2.05, 4.69) is 9.97 Å². The lowest BCUT2D eigenvalue weighted by Crippen LogP contribution is -2.42. The highest BCUT2D eigenvalue weighted by molar-refractivity contribution is 5.81. The van der Waals surface area contributed by atoms with Crippen molar-refractivity contribution >= 4 is 11.9 Å². The first-order valence-corrected chi connectivity index (χ1v) is 7.11. The molecule has 1 aromatic rings. The maximum absolute atomic E-state index is 12.4. The molecule has 0 radical (unpaired) electrons. The third-order valence-corrected chi connectivity index (χ3v) is 3.66. The van der Waals surface area contributed by atoms with Crippen LogP contribution in [0.4, 0.5) is 5.95 Å². The predicted molar refractivity (Wildman–Crippen MR) is 76.4 cm³/mol. The number of aliphatic hydroxyl groups excluding tert-OH is 1. The number of hydrogen-bond acceptors (Lipinski definition) is 5. The molecule has 1 N–H and O–H groups in total. The van der Waals surface area contributed by atoms with E-state index in [1.807, 2.05) is 11.9 Å². The van der Waals surface area contributed by atoms with E-state index in [1.165, 1.54) is 0 Å². The van der Waals surface area contributed by atoms with Gasteiger partial charge < -0.3 is 14.9 Å². The van der Waals surface area contributed by atoms with E-state index in [1.54, 1.807) is 23.4 Å². The number of aliphatic hydroxyl groups is 1. The van der Waals surface area contributed by atoms with Gasteiger partial charge in [-0.2, -0.15) is 0 Å². The van der Waals surface area contributed by atoms with Crippen LogP contribution in [0.2, 0.25) is 0 Å². The smallest absolute Gasteiger partial charge is 0.242 e. The van der Waals surface area contributed by atoms with Crippen LogP contribution in [-0.2, 0) is 4.79 Å². The second-order valence-corrected chi connectivity index (χ2v) is 5.15. The zero-order chi connectivity index (χ0) is 14.4. The molecule has 6 nitrogen and oxygen atoms in total. The van der Waals surface area contributed by atoms with Crippen LogP contribution in [-0.4, -0.2) is 58.7 Å². The fourth-order valence-corrected chi connectivity index (χ4v) is 2.64. The fourth-order valence-electron chi connectivity index (χ4n) is 2.64. The normalized spacial score (nSPS) is 18.3. The van der Waals surface area contributed by atoms with Gasteiger partial charge in [0.05, 0.1) is 6.54 Å². The molecule has 20 heavy (non-hydrogen) atoms. The van der Waals surface area contributed by atoms with E-state index in [-0.39, 0.29) is 18.6 Å². The summed E-state index contributed by atoms with van der Waals surface area (Å²) in [5.74, 6) is 0.673. The van der Waals surface area contributed by atoms with Gasteiger partial charge in [0.1, 0.15) is 0 Å². The summed E-state index contributed by atoms with van der Waals surface area (Å²) in [6.45, 7) is 1.30. The van der Waals surface area contributed by atoms with E-state index in [9.17, 15) is 4.79 Å². The van der Waals surface area contributed by atoms with Gasteiger partial charge in [-0.15, -0.1) is 0 Å². The first-order valence-electron chi connectivity index (χ1n) is 7.11. The summed E-state index contributed by atoms with van der Waals surface area (Å²) in [4.78, 5) is 24.4. The summed E-state index contributed by atoms with van der Waals surface area (Å²) in [6, 6.07) is 2.03. The molecule has 6 heteroatoms.